The molecule has 0 heterocycles. The smallest absolute Gasteiger partial charge is 0.472 e. The summed E-state index contributed by atoms with van der Waals surface area (Å²) in [5.74, 6) is -0.755. The van der Waals surface area contributed by atoms with Crippen molar-refractivity contribution in [2.45, 2.75) is 116 Å². The number of unbranched alkanes of at least 4 members (excludes halogenated alkanes) is 13. The average molecular weight is 633 g/mol. The second-order valence-corrected chi connectivity index (χ2v) is 15.3. The van der Waals surface area contributed by atoms with E-state index in [0.717, 1.165) is 57.8 Å². The SMILES string of the molecule is CCCCCCCCCCP(=O)(O)O[C@H](COCCCCCCCCCC(=O)O)COP(=O)(O)OCC[N+](C)(C)C. The molecular weight excluding hydrogens is 572 g/mol. The Kier molecular flexibility index (Phi) is 23.8. The number of carboxylic acids is 1. The van der Waals surface area contributed by atoms with Gasteiger partial charge in [0.15, 0.2) is 0 Å². The molecule has 246 valence electrons. The second-order valence-electron chi connectivity index (χ2n) is 11.9. The molecule has 13 heteroatoms. The number of phosphoric acid groups is 1. The summed E-state index contributed by atoms with van der Waals surface area (Å²) in [7, 11) is -2.50. The van der Waals surface area contributed by atoms with E-state index in [1.807, 2.05) is 21.1 Å². The molecule has 0 radical (unpaired) electrons. The lowest BCUT2D eigenvalue weighted by Gasteiger charge is -2.25. The summed E-state index contributed by atoms with van der Waals surface area (Å²) >= 11 is 0. The second kappa shape index (κ2) is 24.0. The van der Waals surface area contributed by atoms with Crippen LogP contribution in [0.2, 0.25) is 0 Å². The maximum atomic E-state index is 12.7. The molecule has 0 spiro atoms. The fourth-order valence-corrected chi connectivity index (χ4v) is 6.12. The van der Waals surface area contributed by atoms with Gasteiger partial charge in [0.2, 0.25) is 0 Å². The Morgan fingerprint density at radius 3 is 1.83 bits per heavy atom. The Labute approximate surface area is 249 Å². The molecular formula is C28H60NO10P2+. The summed E-state index contributed by atoms with van der Waals surface area (Å²) in [5, 5.41) is 8.67. The molecule has 0 saturated carbocycles. The number of aliphatic carboxylic acids is 1. The van der Waals surface area contributed by atoms with Gasteiger partial charge in [-0.05, 0) is 19.3 Å². The van der Waals surface area contributed by atoms with Gasteiger partial charge in [-0.2, -0.15) is 0 Å². The molecule has 0 aliphatic carbocycles. The van der Waals surface area contributed by atoms with Crippen molar-refractivity contribution in [2.75, 3.05) is 60.3 Å². The molecule has 0 aromatic rings. The molecule has 11 nitrogen and oxygen atoms in total. The summed E-state index contributed by atoms with van der Waals surface area (Å²) in [6, 6.07) is 0. The zero-order chi connectivity index (χ0) is 31.0. The lowest BCUT2D eigenvalue weighted by molar-refractivity contribution is -0.870. The van der Waals surface area contributed by atoms with Gasteiger partial charge < -0.3 is 28.6 Å². The molecule has 41 heavy (non-hydrogen) atoms. The number of hydrogen-bond donors (Lipinski definition) is 3. The van der Waals surface area contributed by atoms with Gasteiger partial charge in [0, 0.05) is 19.2 Å². The van der Waals surface area contributed by atoms with Crippen molar-refractivity contribution in [2.24, 2.45) is 0 Å². The minimum absolute atomic E-state index is 0.0156. The van der Waals surface area contributed by atoms with E-state index in [1.54, 1.807) is 0 Å². The van der Waals surface area contributed by atoms with E-state index < -0.39 is 34.1 Å². The summed E-state index contributed by atoms with van der Waals surface area (Å²) in [4.78, 5) is 31.0. The van der Waals surface area contributed by atoms with Crippen LogP contribution in [0.15, 0.2) is 0 Å². The topological polar surface area (TPSA) is 149 Å². The molecule has 0 saturated heterocycles. The molecule has 0 amide bonds. The summed E-state index contributed by atoms with van der Waals surface area (Å²) in [6.45, 7) is 2.67. The molecule has 0 aromatic carbocycles. The normalized spacial score (nSPS) is 15.9. The van der Waals surface area contributed by atoms with Crippen LogP contribution < -0.4 is 0 Å². The highest BCUT2D eigenvalue weighted by molar-refractivity contribution is 7.52. The first kappa shape index (κ1) is 40.6. The predicted octanol–water partition coefficient (Wildman–Crippen LogP) is 6.76. The lowest BCUT2D eigenvalue weighted by atomic mass is 10.1. The third kappa shape index (κ3) is 29.5. The third-order valence-corrected chi connectivity index (χ3v) is 9.02. The van der Waals surface area contributed by atoms with E-state index in [2.05, 4.69) is 6.92 Å². The van der Waals surface area contributed by atoms with Gasteiger partial charge in [-0.1, -0.05) is 84.0 Å². The Morgan fingerprint density at radius 1 is 0.732 bits per heavy atom. The highest BCUT2D eigenvalue weighted by Gasteiger charge is 2.29. The van der Waals surface area contributed by atoms with Crippen molar-refractivity contribution in [3.05, 3.63) is 0 Å². The zero-order valence-electron chi connectivity index (χ0n) is 26.2. The number of carboxylic acid groups (broad SMARTS) is 1. The van der Waals surface area contributed by atoms with Crippen LogP contribution in [-0.4, -0.2) is 91.7 Å². The fraction of sp³-hybridized carbons (Fsp3) is 0.964. The van der Waals surface area contributed by atoms with Gasteiger partial charge in [-0.3, -0.25) is 18.4 Å². The predicted molar refractivity (Wildman–Crippen MR) is 162 cm³/mol. The minimum atomic E-state index is -4.36. The molecule has 0 aliphatic heterocycles. The van der Waals surface area contributed by atoms with Crippen LogP contribution in [0.25, 0.3) is 0 Å². The average Bonchev–Trinajstić information content (AvgIpc) is 2.86. The lowest BCUT2D eigenvalue weighted by Crippen LogP contribution is -2.37. The van der Waals surface area contributed by atoms with Gasteiger partial charge in [0.1, 0.15) is 19.3 Å². The summed E-state index contributed by atoms with van der Waals surface area (Å²) < 4.78 is 46.9. The maximum absolute atomic E-state index is 12.7. The maximum Gasteiger partial charge on any atom is 0.472 e. The van der Waals surface area contributed by atoms with Crippen molar-refractivity contribution >= 4 is 21.4 Å². The molecule has 2 unspecified atom stereocenters. The van der Waals surface area contributed by atoms with Gasteiger partial charge in [0.05, 0.1) is 34.4 Å². The molecule has 0 fully saturated rings. The van der Waals surface area contributed by atoms with E-state index in [-0.39, 0.29) is 25.8 Å². The van der Waals surface area contributed by atoms with Crippen LogP contribution in [0, 0.1) is 0 Å². The number of carbonyl (C=O) groups is 1. The van der Waals surface area contributed by atoms with Crippen molar-refractivity contribution in [1.29, 1.82) is 0 Å². The number of phosphoric ester groups is 1. The highest BCUT2D eigenvalue weighted by Crippen LogP contribution is 2.47. The van der Waals surface area contributed by atoms with Crippen LogP contribution in [0.4, 0.5) is 0 Å². The fourth-order valence-electron chi connectivity index (χ4n) is 4.06. The van der Waals surface area contributed by atoms with Crippen molar-refractivity contribution in [1.82, 2.24) is 0 Å². The Morgan fingerprint density at radius 2 is 1.27 bits per heavy atom. The molecule has 3 atom stereocenters. The summed E-state index contributed by atoms with van der Waals surface area (Å²) in [6.07, 6.45) is 14.1. The van der Waals surface area contributed by atoms with Crippen LogP contribution in [0.3, 0.4) is 0 Å². The van der Waals surface area contributed by atoms with Gasteiger partial charge in [0.25, 0.3) is 0 Å². The van der Waals surface area contributed by atoms with Gasteiger partial charge in [-0.25, -0.2) is 4.57 Å². The first-order chi connectivity index (χ1) is 19.3. The zero-order valence-corrected chi connectivity index (χ0v) is 28.0. The van der Waals surface area contributed by atoms with Gasteiger partial charge in [-0.15, -0.1) is 0 Å². The van der Waals surface area contributed by atoms with E-state index in [9.17, 15) is 23.7 Å². The molecule has 0 rings (SSSR count). The van der Waals surface area contributed by atoms with E-state index in [1.165, 1.54) is 25.7 Å². The Hall–Kier alpha value is -0.350. The number of rotatable bonds is 30. The number of likely N-dealkylation sites (N-methyl/N-ethyl adjacent to an activating group) is 1. The van der Waals surface area contributed by atoms with E-state index >= 15 is 0 Å². The molecule has 0 bridgehead atoms. The number of nitrogens with zero attached hydrogens (tertiary/aromatic N) is 1. The first-order valence-corrected chi connectivity index (χ1v) is 18.7. The third-order valence-electron chi connectivity index (χ3n) is 6.53. The molecule has 0 aliphatic rings. The largest absolute Gasteiger partial charge is 0.481 e. The Balaban J connectivity index is 4.55. The van der Waals surface area contributed by atoms with E-state index in [4.69, 9.17) is 23.4 Å². The number of ether oxygens (including phenoxy) is 1. The highest BCUT2D eigenvalue weighted by atomic mass is 31.2. The standard InChI is InChI=1S/C28H59NO10P2/c1-5-6-7-8-9-13-16-19-24-40(32,33)39-27(26-38-41(34,35)37-23-21-29(2,3)4)25-36-22-18-15-12-10-11-14-17-20-28(30)31/h27H,5-26H2,1-4H3,(H2-,30,31,32,33,34,35)/p+1/t27-/m1/s1. The van der Waals surface area contributed by atoms with Crippen LogP contribution in [0.5, 0.6) is 0 Å². The minimum Gasteiger partial charge on any atom is -0.481 e. The van der Waals surface area contributed by atoms with E-state index in [0.29, 0.717) is 30.5 Å². The van der Waals surface area contributed by atoms with Gasteiger partial charge >= 0.3 is 21.4 Å². The number of quaternary nitrogens is 1. The van der Waals surface area contributed by atoms with Crippen LogP contribution in [0.1, 0.15) is 110 Å². The molecule has 3 N–H and O–H groups in total. The van der Waals surface area contributed by atoms with Crippen molar-refractivity contribution in [3.8, 4) is 0 Å². The Bertz CT molecular complexity index is 748. The van der Waals surface area contributed by atoms with Crippen LogP contribution in [-0.2, 0) is 32.2 Å². The summed E-state index contributed by atoms with van der Waals surface area (Å²) in [5.41, 5.74) is 0. The van der Waals surface area contributed by atoms with Crippen molar-refractivity contribution < 1.29 is 51.6 Å². The van der Waals surface area contributed by atoms with Crippen molar-refractivity contribution in [3.63, 3.8) is 0 Å². The molecule has 0 aromatic heterocycles. The first-order valence-electron chi connectivity index (χ1n) is 15.5. The monoisotopic (exact) mass is 632 g/mol. The quantitative estimate of drug-likeness (QED) is 0.0440. The number of hydrogen-bond acceptors (Lipinski definition) is 7. The van der Waals surface area contributed by atoms with Crippen LogP contribution >= 0.6 is 15.4 Å².